The van der Waals surface area contributed by atoms with Crippen molar-refractivity contribution >= 4 is 23.6 Å². The second-order valence-corrected chi connectivity index (χ2v) is 5.69. The van der Waals surface area contributed by atoms with E-state index in [-0.39, 0.29) is 5.56 Å². The Balaban J connectivity index is 2.02. The lowest BCUT2D eigenvalue weighted by molar-refractivity contribution is -0.174. The molecule has 0 saturated heterocycles. The maximum atomic E-state index is 12.1. The normalized spacial score (nSPS) is 11.0. The Morgan fingerprint density at radius 2 is 1.54 bits per heavy atom. The predicted molar refractivity (Wildman–Crippen MR) is 84.1 cm³/mol. The number of amides is 2. The largest absolute Gasteiger partial charge is 0.472 e. The van der Waals surface area contributed by atoms with Gasteiger partial charge < -0.3 is 0 Å². The van der Waals surface area contributed by atoms with Gasteiger partial charge in [-0.3, -0.25) is 20.4 Å². The first kappa shape index (κ1) is 17.9. The Hall–Kier alpha value is -2.48. The maximum Gasteiger partial charge on any atom is 0.472 e. The van der Waals surface area contributed by atoms with Crippen LogP contribution in [0.3, 0.4) is 0 Å². The van der Waals surface area contributed by atoms with Crippen LogP contribution in [0.2, 0.25) is 0 Å². The van der Waals surface area contributed by atoms with Crippen LogP contribution in [0.15, 0.2) is 59.5 Å². The molecule has 0 spiro atoms. The smallest absolute Gasteiger partial charge is 0.267 e. The Bertz CT molecular complexity index is 721. The second-order valence-electron chi connectivity index (χ2n) is 4.68. The standard InChI is InChI=1S/C16H13F3N2O2S/c17-16(18,19)15(23)21-20-14(22)12-8-4-5-9-13(12)24-10-11-6-2-1-3-7-11/h1-9H,10H2,(H,20,22)(H,21,23). The number of alkyl halides is 3. The van der Waals surface area contributed by atoms with Crippen LogP contribution in [0.5, 0.6) is 0 Å². The summed E-state index contributed by atoms with van der Waals surface area (Å²) in [7, 11) is 0. The number of halogens is 3. The van der Waals surface area contributed by atoms with Gasteiger partial charge in [0.25, 0.3) is 5.91 Å². The average molecular weight is 354 g/mol. The fourth-order valence-electron chi connectivity index (χ4n) is 1.77. The summed E-state index contributed by atoms with van der Waals surface area (Å²) in [6.07, 6.45) is -5.06. The van der Waals surface area contributed by atoms with Gasteiger partial charge in [0, 0.05) is 10.6 Å². The molecule has 4 nitrogen and oxygen atoms in total. The number of carbonyl (C=O) groups excluding carboxylic acids is 2. The number of carbonyl (C=O) groups is 2. The van der Waals surface area contributed by atoms with E-state index in [1.807, 2.05) is 30.3 Å². The van der Waals surface area contributed by atoms with Gasteiger partial charge in [0.1, 0.15) is 0 Å². The lowest BCUT2D eigenvalue weighted by Crippen LogP contribution is -2.47. The van der Waals surface area contributed by atoms with E-state index in [0.717, 1.165) is 5.56 Å². The molecule has 0 fully saturated rings. The molecule has 0 unspecified atom stereocenters. The summed E-state index contributed by atoms with van der Waals surface area (Å²) in [6.45, 7) is 0. The molecule has 126 valence electrons. The number of nitrogens with one attached hydrogen (secondary N) is 2. The van der Waals surface area contributed by atoms with E-state index >= 15 is 0 Å². The zero-order chi connectivity index (χ0) is 17.6. The third kappa shape index (κ3) is 5.02. The van der Waals surface area contributed by atoms with Crippen molar-refractivity contribution < 1.29 is 22.8 Å². The van der Waals surface area contributed by atoms with Crippen LogP contribution in [0, 0.1) is 0 Å². The van der Waals surface area contributed by atoms with E-state index in [2.05, 4.69) is 0 Å². The molecule has 2 N–H and O–H groups in total. The molecule has 0 atom stereocenters. The Labute approximate surface area is 140 Å². The number of thioether (sulfide) groups is 1. The zero-order valence-electron chi connectivity index (χ0n) is 12.3. The van der Waals surface area contributed by atoms with Crippen molar-refractivity contribution in [2.45, 2.75) is 16.8 Å². The Morgan fingerprint density at radius 1 is 0.917 bits per heavy atom. The lowest BCUT2D eigenvalue weighted by atomic mass is 10.2. The highest BCUT2D eigenvalue weighted by Crippen LogP contribution is 2.26. The number of hydrogen-bond acceptors (Lipinski definition) is 3. The molecule has 2 aromatic rings. The van der Waals surface area contributed by atoms with Crippen LogP contribution in [0.1, 0.15) is 15.9 Å². The molecule has 24 heavy (non-hydrogen) atoms. The maximum absolute atomic E-state index is 12.1. The fraction of sp³-hybridized carbons (Fsp3) is 0.125. The van der Waals surface area contributed by atoms with Crippen molar-refractivity contribution in [3.05, 3.63) is 65.7 Å². The second kappa shape index (κ2) is 7.87. The summed E-state index contributed by atoms with van der Waals surface area (Å²) in [5.74, 6) is -2.45. The van der Waals surface area contributed by atoms with Crippen molar-refractivity contribution in [1.29, 1.82) is 0 Å². The number of hydrogen-bond donors (Lipinski definition) is 2. The van der Waals surface area contributed by atoms with Crippen LogP contribution in [0.25, 0.3) is 0 Å². The first-order valence-corrected chi connectivity index (χ1v) is 7.80. The highest BCUT2D eigenvalue weighted by Gasteiger charge is 2.39. The topological polar surface area (TPSA) is 58.2 Å². The molecule has 0 radical (unpaired) electrons. The zero-order valence-corrected chi connectivity index (χ0v) is 13.1. The summed E-state index contributed by atoms with van der Waals surface area (Å²) >= 11 is 1.37. The number of rotatable bonds is 4. The molecular weight excluding hydrogens is 341 g/mol. The van der Waals surface area contributed by atoms with Gasteiger partial charge in [-0.2, -0.15) is 13.2 Å². The molecule has 2 aromatic carbocycles. The van der Waals surface area contributed by atoms with Crippen LogP contribution in [-0.4, -0.2) is 18.0 Å². The van der Waals surface area contributed by atoms with E-state index in [0.29, 0.717) is 10.6 Å². The van der Waals surface area contributed by atoms with Crippen molar-refractivity contribution in [1.82, 2.24) is 10.9 Å². The monoisotopic (exact) mass is 354 g/mol. The Kier molecular flexibility index (Phi) is 5.86. The van der Waals surface area contributed by atoms with Crippen LogP contribution in [0.4, 0.5) is 13.2 Å². The number of benzene rings is 2. The molecule has 0 aliphatic carbocycles. The quantitative estimate of drug-likeness (QED) is 0.654. The summed E-state index contributed by atoms with van der Waals surface area (Å²) in [5.41, 5.74) is 4.35. The molecule has 0 aromatic heterocycles. The highest BCUT2D eigenvalue weighted by atomic mass is 32.2. The SMILES string of the molecule is O=C(NNC(=O)C(F)(F)F)c1ccccc1SCc1ccccc1. The van der Waals surface area contributed by atoms with Crippen molar-refractivity contribution in [2.24, 2.45) is 0 Å². The minimum Gasteiger partial charge on any atom is -0.267 e. The first-order chi connectivity index (χ1) is 11.4. The van der Waals surface area contributed by atoms with Crippen molar-refractivity contribution in [3.8, 4) is 0 Å². The molecule has 8 heteroatoms. The van der Waals surface area contributed by atoms with E-state index < -0.39 is 18.0 Å². The van der Waals surface area contributed by atoms with Gasteiger partial charge in [-0.25, -0.2) is 0 Å². The summed E-state index contributed by atoms with van der Waals surface area (Å²) < 4.78 is 36.4. The van der Waals surface area contributed by atoms with Crippen LogP contribution in [-0.2, 0) is 10.5 Å². The predicted octanol–water partition coefficient (Wildman–Crippen LogP) is 3.30. The van der Waals surface area contributed by atoms with Crippen LogP contribution >= 0.6 is 11.8 Å². The third-order valence-corrected chi connectivity index (χ3v) is 4.06. The minimum absolute atomic E-state index is 0.181. The summed E-state index contributed by atoms with van der Waals surface area (Å²) in [6, 6.07) is 16.0. The third-order valence-electron chi connectivity index (χ3n) is 2.92. The van der Waals surface area contributed by atoms with Crippen molar-refractivity contribution in [2.75, 3.05) is 0 Å². The molecular formula is C16H13F3N2O2S. The average Bonchev–Trinajstić information content (AvgIpc) is 2.58. The lowest BCUT2D eigenvalue weighted by Gasteiger charge is -2.11. The van der Waals surface area contributed by atoms with Gasteiger partial charge in [0.05, 0.1) is 5.56 Å². The van der Waals surface area contributed by atoms with E-state index in [4.69, 9.17) is 0 Å². The van der Waals surface area contributed by atoms with Gasteiger partial charge in [-0.1, -0.05) is 42.5 Å². The number of hydrazine groups is 1. The molecule has 2 amide bonds. The molecule has 0 bridgehead atoms. The van der Waals surface area contributed by atoms with E-state index in [9.17, 15) is 22.8 Å². The van der Waals surface area contributed by atoms with E-state index in [1.54, 1.807) is 23.6 Å². The molecule has 0 saturated carbocycles. The summed E-state index contributed by atoms with van der Waals surface area (Å²) in [5, 5.41) is 0. The molecule has 0 aliphatic heterocycles. The molecule has 0 aliphatic rings. The summed E-state index contributed by atoms with van der Waals surface area (Å²) in [4.78, 5) is 23.3. The van der Waals surface area contributed by atoms with Gasteiger partial charge in [0.2, 0.25) is 0 Å². The van der Waals surface area contributed by atoms with Gasteiger partial charge in [-0.15, -0.1) is 11.8 Å². The Morgan fingerprint density at radius 3 is 2.21 bits per heavy atom. The fourth-order valence-corrected chi connectivity index (χ4v) is 2.77. The van der Waals surface area contributed by atoms with Gasteiger partial charge >= 0.3 is 12.1 Å². The van der Waals surface area contributed by atoms with E-state index in [1.165, 1.54) is 23.3 Å². The first-order valence-electron chi connectivity index (χ1n) is 6.81. The van der Waals surface area contributed by atoms with Gasteiger partial charge in [-0.05, 0) is 17.7 Å². The van der Waals surface area contributed by atoms with Crippen molar-refractivity contribution in [3.63, 3.8) is 0 Å². The molecule has 2 rings (SSSR count). The molecule has 0 heterocycles. The minimum atomic E-state index is -5.06. The highest BCUT2D eigenvalue weighted by molar-refractivity contribution is 7.98. The van der Waals surface area contributed by atoms with Gasteiger partial charge in [0.15, 0.2) is 0 Å². The van der Waals surface area contributed by atoms with Crippen LogP contribution < -0.4 is 10.9 Å².